The molecule has 1 N–H and O–H groups in total. The minimum atomic E-state index is 0.200. The largest absolute Gasteiger partial charge is 0.377 e. The highest BCUT2D eigenvalue weighted by Crippen LogP contribution is 2.14. The third-order valence-corrected chi connectivity index (χ3v) is 3.99. The summed E-state index contributed by atoms with van der Waals surface area (Å²) in [4.78, 5) is 16.5. The summed E-state index contributed by atoms with van der Waals surface area (Å²) in [6.07, 6.45) is 5.62. The molecule has 2 saturated heterocycles. The van der Waals surface area contributed by atoms with E-state index in [0.717, 1.165) is 45.8 Å². The van der Waals surface area contributed by atoms with Crippen LogP contribution < -0.4 is 5.32 Å². The molecular formula is C15H27N3O2. The van der Waals surface area contributed by atoms with Gasteiger partial charge in [-0.3, -0.25) is 9.69 Å². The lowest BCUT2D eigenvalue weighted by molar-refractivity contribution is -0.130. The molecule has 0 bridgehead atoms. The Balaban J connectivity index is 1.70. The van der Waals surface area contributed by atoms with Crippen LogP contribution in [0, 0.1) is 0 Å². The molecule has 1 amide bonds. The molecule has 2 rings (SSSR count). The smallest absolute Gasteiger partial charge is 0.236 e. The highest BCUT2D eigenvalue weighted by Gasteiger charge is 2.22. The van der Waals surface area contributed by atoms with E-state index < -0.39 is 0 Å². The van der Waals surface area contributed by atoms with Gasteiger partial charge in [0.05, 0.1) is 12.6 Å². The Kier molecular flexibility index (Phi) is 6.50. The van der Waals surface area contributed by atoms with E-state index in [2.05, 4.69) is 16.8 Å². The van der Waals surface area contributed by atoms with Crippen molar-refractivity contribution in [1.29, 1.82) is 0 Å². The van der Waals surface area contributed by atoms with Crippen LogP contribution in [0.5, 0.6) is 0 Å². The predicted octanol–water partition coefficient (Wildman–Crippen LogP) is 0.475. The van der Waals surface area contributed by atoms with Gasteiger partial charge < -0.3 is 15.0 Å². The van der Waals surface area contributed by atoms with E-state index in [9.17, 15) is 4.79 Å². The van der Waals surface area contributed by atoms with Crippen molar-refractivity contribution in [3.8, 4) is 0 Å². The van der Waals surface area contributed by atoms with Gasteiger partial charge in [0.25, 0.3) is 0 Å². The Morgan fingerprint density at radius 3 is 2.95 bits per heavy atom. The lowest BCUT2D eigenvalue weighted by atomic mass is 10.2. The molecule has 0 spiro atoms. The molecule has 0 aromatic carbocycles. The minimum Gasteiger partial charge on any atom is -0.377 e. The standard InChI is InChI=1S/C15H27N3O2/c1-2-6-16-12-15(19)18-8-4-7-17(9-10-18)13-14-5-3-11-20-14/h2,14,16H,1,3-13H2. The summed E-state index contributed by atoms with van der Waals surface area (Å²) in [5.74, 6) is 0.200. The molecule has 5 heteroatoms. The first-order chi connectivity index (χ1) is 9.79. The number of carbonyl (C=O) groups excluding carboxylic acids is 1. The Morgan fingerprint density at radius 2 is 2.20 bits per heavy atom. The van der Waals surface area contributed by atoms with Crippen molar-refractivity contribution in [3.05, 3.63) is 12.7 Å². The van der Waals surface area contributed by atoms with Crippen molar-refractivity contribution in [2.75, 3.05) is 52.4 Å². The van der Waals surface area contributed by atoms with Gasteiger partial charge in [-0.25, -0.2) is 0 Å². The number of rotatable bonds is 6. The van der Waals surface area contributed by atoms with Crippen LogP contribution in [0.2, 0.25) is 0 Å². The average molecular weight is 281 g/mol. The van der Waals surface area contributed by atoms with Crippen molar-refractivity contribution in [2.45, 2.75) is 25.4 Å². The summed E-state index contributed by atoms with van der Waals surface area (Å²) in [5, 5.41) is 3.08. The van der Waals surface area contributed by atoms with Gasteiger partial charge in [-0.1, -0.05) is 6.08 Å². The summed E-state index contributed by atoms with van der Waals surface area (Å²) in [6, 6.07) is 0. The molecule has 0 aromatic rings. The van der Waals surface area contributed by atoms with Crippen LogP contribution in [0.25, 0.3) is 0 Å². The molecule has 1 unspecified atom stereocenters. The van der Waals surface area contributed by atoms with Crippen molar-refractivity contribution in [1.82, 2.24) is 15.1 Å². The van der Waals surface area contributed by atoms with E-state index in [1.807, 2.05) is 4.90 Å². The molecule has 2 heterocycles. The monoisotopic (exact) mass is 281 g/mol. The summed E-state index contributed by atoms with van der Waals surface area (Å²) < 4.78 is 5.69. The van der Waals surface area contributed by atoms with Gasteiger partial charge >= 0.3 is 0 Å². The zero-order valence-corrected chi connectivity index (χ0v) is 12.4. The third kappa shape index (κ3) is 4.89. The molecule has 0 aliphatic carbocycles. The molecule has 5 nitrogen and oxygen atoms in total. The normalized spacial score (nSPS) is 24.6. The fourth-order valence-corrected chi connectivity index (χ4v) is 2.87. The lowest BCUT2D eigenvalue weighted by Crippen LogP contribution is -2.41. The Bertz CT molecular complexity index is 316. The maximum absolute atomic E-state index is 12.1. The van der Waals surface area contributed by atoms with Crippen LogP contribution in [0.1, 0.15) is 19.3 Å². The van der Waals surface area contributed by atoms with E-state index >= 15 is 0 Å². The van der Waals surface area contributed by atoms with E-state index in [0.29, 0.717) is 19.2 Å². The predicted molar refractivity (Wildman–Crippen MR) is 79.7 cm³/mol. The third-order valence-electron chi connectivity index (χ3n) is 3.99. The zero-order chi connectivity index (χ0) is 14.2. The second-order valence-electron chi connectivity index (χ2n) is 5.59. The van der Waals surface area contributed by atoms with Crippen LogP contribution in [0.4, 0.5) is 0 Å². The highest BCUT2D eigenvalue weighted by atomic mass is 16.5. The summed E-state index contributed by atoms with van der Waals surface area (Å²) >= 11 is 0. The van der Waals surface area contributed by atoms with Crippen LogP contribution in [0.15, 0.2) is 12.7 Å². The molecule has 1 atom stereocenters. The Labute approximate surface area is 121 Å². The van der Waals surface area contributed by atoms with Gasteiger partial charge in [0.15, 0.2) is 0 Å². The highest BCUT2D eigenvalue weighted by molar-refractivity contribution is 5.78. The number of hydrogen-bond acceptors (Lipinski definition) is 4. The maximum Gasteiger partial charge on any atom is 0.236 e. The fourth-order valence-electron chi connectivity index (χ4n) is 2.87. The molecule has 20 heavy (non-hydrogen) atoms. The SMILES string of the molecule is C=CCNCC(=O)N1CCCN(CC2CCCO2)CC1. The van der Waals surface area contributed by atoms with Crippen LogP contribution in [-0.4, -0.2) is 74.2 Å². The summed E-state index contributed by atoms with van der Waals surface area (Å²) in [5.41, 5.74) is 0. The maximum atomic E-state index is 12.1. The topological polar surface area (TPSA) is 44.8 Å². The minimum absolute atomic E-state index is 0.200. The van der Waals surface area contributed by atoms with Crippen LogP contribution in [-0.2, 0) is 9.53 Å². The number of nitrogens with one attached hydrogen (secondary N) is 1. The first kappa shape index (κ1) is 15.5. The van der Waals surface area contributed by atoms with E-state index in [1.165, 1.54) is 12.8 Å². The van der Waals surface area contributed by atoms with E-state index in [4.69, 9.17) is 4.74 Å². The van der Waals surface area contributed by atoms with E-state index in [-0.39, 0.29) is 5.91 Å². The van der Waals surface area contributed by atoms with Crippen LogP contribution in [0.3, 0.4) is 0 Å². The number of amides is 1. The Morgan fingerprint density at radius 1 is 1.30 bits per heavy atom. The number of ether oxygens (including phenoxy) is 1. The fraction of sp³-hybridized carbons (Fsp3) is 0.800. The molecule has 2 fully saturated rings. The molecule has 114 valence electrons. The van der Waals surface area contributed by atoms with Crippen LogP contribution >= 0.6 is 0 Å². The first-order valence-corrected chi connectivity index (χ1v) is 7.73. The summed E-state index contributed by atoms with van der Waals surface area (Å²) in [6.45, 7) is 10.4. The van der Waals surface area contributed by atoms with E-state index in [1.54, 1.807) is 6.08 Å². The molecule has 2 aliphatic heterocycles. The number of nitrogens with zero attached hydrogens (tertiary/aromatic N) is 2. The quantitative estimate of drug-likeness (QED) is 0.568. The second-order valence-corrected chi connectivity index (χ2v) is 5.59. The van der Waals surface area contributed by atoms with Crippen molar-refractivity contribution in [2.24, 2.45) is 0 Å². The lowest BCUT2D eigenvalue weighted by Gasteiger charge is -2.24. The summed E-state index contributed by atoms with van der Waals surface area (Å²) in [7, 11) is 0. The van der Waals surface area contributed by atoms with Crippen molar-refractivity contribution >= 4 is 5.91 Å². The second kappa shape index (κ2) is 8.39. The van der Waals surface area contributed by atoms with Gasteiger partial charge in [0, 0.05) is 39.3 Å². The average Bonchev–Trinajstić information content (AvgIpc) is 2.84. The molecule has 2 aliphatic rings. The van der Waals surface area contributed by atoms with Gasteiger partial charge in [-0.05, 0) is 25.8 Å². The molecule has 0 aromatic heterocycles. The molecular weight excluding hydrogens is 254 g/mol. The van der Waals surface area contributed by atoms with Gasteiger partial charge in [0.2, 0.25) is 5.91 Å². The zero-order valence-electron chi connectivity index (χ0n) is 12.4. The first-order valence-electron chi connectivity index (χ1n) is 7.73. The molecule has 0 saturated carbocycles. The van der Waals surface area contributed by atoms with Crippen molar-refractivity contribution in [3.63, 3.8) is 0 Å². The van der Waals surface area contributed by atoms with Gasteiger partial charge in [0.1, 0.15) is 0 Å². The van der Waals surface area contributed by atoms with Gasteiger partial charge in [-0.15, -0.1) is 6.58 Å². The Hall–Kier alpha value is -0.910. The van der Waals surface area contributed by atoms with Crippen molar-refractivity contribution < 1.29 is 9.53 Å². The van der Waals surface area contributed by atoms with Gasteiger partial charge in [-0.2, -0.15) is 0 Å². The number of carbonyl (C=O) groups is 1. The number of hydrogen-bond donors (Lipinski definition) is 1. The molecule has 0 radical (unpaired) electrons.